The molecule has 1 aliphatic heterocycles. The molecule has 1 aliphatic carbocycles. The summed E-state index contributed by atoms with van der Waals surface area (Å²) in [5.74, 6) is -4.12. The average molecular weight is 184 g/mol. The Labute approximate surface area is 73.6 Å². The highest BCUT2D eigenvalue weighted by atomic mass is 16.6. The van der Waals surface area contributed by atoms with Crippen LogP contribution in [0.25, 0.3) is 0 Å². The van der Waals surface area contributed by atoms with Crippen molar-refractivity contribution in [2.45, 2.75) is 12.2 Å². The average Bonchev–Trinajstić information content (AvgIpc) is 2.79. The molecule has 0 unspecified atom stereocenters. The van der Waals surface area contributed by atoms with Crippen LogP contribution in [0.2, 0.25) is 0 Å². The molecular formula is C8H8O5. The van der Waals surface area contributed by atoms with Gasteiger partial charge in [-0.25, -0.2) is 0 Å². The molecule has 13 heavy (non-hydrogen) atoms. The Kier molecular flexibility index (Phi) is 1.63. The van der Waals surface area contributed by atoms with E-state index in [4.69, 9.17) is 14.9 Å². The summed E-state index contributed by atoms with van der Waals surface area (Å²) in [7, 11) is 0. The highest BCUT2D eigenvalue weighted by Gasteiger charge is 2.54. The topological polar surface area (TPSA) is 87.1 Å². The number of ether oxygens (including phenoxy) is 1. The zero-order valence-corrected chi connectivity index (χ0v) is 6.58. The van der Waals surface area contributed by atoms with Gasteiger partial charge in [0.05, 0.1) is 5.92 Å². The van der Waals surface area contributed by atoms with E-state index in [9.17, 15) is 9.59 Å². The van der Waals surface area contributed by atoms with Crippen molar-refractivity contribution in [3.63, 3.8) is 0 Å². The van der Waals surface area contributed by atoms with Gasteiger partial charge in [0.2, 0.25) is 0 Å². The molecule has 2 N–H and O–H groups in total. The van der Waals surface area contributed by atoms with Gasteiger partial charge in [-0.1, -0.05) is 12.2 Å². The Morgan fingerprint density at radius 2 is 1.85 bits per heavy atom. The number of aliphatic carboxylic acids is 2. The smallest absolute Gasteiger partial charge is 0.311 e. The molecule has 0 aromatic heterocycles. The lowest BCUT2D eigenvalue weighted by molar-refractivity contribution is -0.152. The van der Waals surface area contributed by atoms with Gasteiger partial charge in [0, 0.05) is 0 Å². The van der Waals surface area contributed by atoms with E-state index < -0.39 is 29.9 Å². The van der Waals surface area contributed by atoms with Crippen LogP contribution >= 0.6 is 0 Å². The minimum absolute atomic E-state index is 0.184. The first-order chi connectivity index (χ1) is 6.11. The maximum absolute atomic E-state index is 10.7. The van der Waals surface area contributed by atoms with Gasteiger partial charge in [0.1, 0.15) is 18.1 Å². The molecule has 0 amide bonds. The third kappa shape index (κ3) is 1.21. The molecule has 5 heteroatoms. The SMILES string of the molecule is O=C(O)[C@H]1[C@@H]2O[C@H]2C=C[C@H]1C(=O)O. The second kappa shape index (κ2) is 2.56. The molecule has 1 heterocycles. The van der Waals surface area contributed by atoms with Gasteiger partial charge in [-0.05, 0) is 0 Å². The van der Waals surface area contributed by atoms with Gasteiger partial charge in [0.15, 0.2) is 0 Å². The molecule has 0 spiro atoms. The Bertz CT molecular complexity index is 295. The maximum Gasteiger partial charge on any atom is 0.311 e. The van der Waals surface area contributed by atoms with E-state index >= 15 is 0 Å². The molecule has 0 saturated carbocycles. The van der Waals surface area contributed by atoms with Crippen LogP contribution < -0.4 is 0 Å². The number of carbonyl (C=O) groups is 2. The van der Waals surface area contributed by atoms with E-state index in [1.54, 1.807) is 6.08 Å². The van der Waals surface area contributed by atoms with Crippen molar-refractivity contribution in [3.05, 3.63) is 12.2 Å². The minimum Gasteiger partial charge on any atom is -0.481 e. The quantitative estimate of drug-likeness (QED) is 0.455. The molecule has 1 fully saturated rings. The molecule has 4 atom stereocenters. The summed E-state index contributed by atoms with van der Waals surface area (Å²) < 4.78 is 5.00. The largest absolute Gasteiger partial charge is 0.481 e. The Balaban J connectivity index is 2.25. The number of carboxylic acids is 2. The molecule has 0 radical (unpaired) electrons. The lowest BCUT2D eigenvalue weighted by Crippen LogP contribution is -2.35. The third-order valence-electron chi connectivity index (χ3n) is 2.38. The van der Waals surface area contributed by atoms with Crippen molar-refractivity contribution >= 4 is 11.9 Å². The molecule has 2 rings (SSSR count). The van der Waals surface area contributed by atoms with Gasteiger partial charge in [-0.2, -0.15) is 0 Å². The highest BCUT2D eigenvalue weighted by molar-refractivity contribution is 5.83. The molecule has 0 bridgehead atoms. The fourth-order valence-electron chi connectivity index (χ4n) is 1.66. The number of epoxide rings is 1. The third-order valence-corrected chi connectivity index (χ3v) is 2.38. The molecular weight excluding hydrogens is 176 g/mol. The van der Waals surface area contributed by atoms with Gasteiger partial charge >= 0.3 is 11.9 Å². The minimum atomic E-state index is -1.11. The van der Waals surface area contributed by atoms with E-state index in [1.807, 2.05) is 0 Å². The van der Waals surface area contributed by atoms with Crippen molar-refractivity contribution in [1.29, 1.82) is 0 Å². The van der Waals surface area contributed by atoms with Crippen molar-refractivity contribution < 1.29 is 24.5 Å². The molecule has 2 aliphatic rings. The van der Waals surface area contributed by atoms with E-state index in [-0.39, 0.29) is 6.10 Å². The first-order valence-corrected chi connectivity index (χ1v) is 3.90. The standard InChI is InChI=1S/C8H8O5/c9-7(10)3-1-2-4-6(13-4)5(3)8(11)12/h1-6H,(H,9,10)(H,11,12)/t3-,4+,5-,6-/m1/s1. The normalized spacial score (nSPS) is 40.9. The van der Waals surface area contributed by atoms with Crippen molar-refractivity contribution in [2.24, 2.45) is 11.8 Å². The summed E-state index contributed by atoms with van der Waals surface area (Å²) in [6, 6.07) is 0. The lowest BCUT2D eigenvalue weighted by Gasteiger charge is -2.17. The lowest BCUT2D eigenvalue weighted by atomic mass is 9.84. The van der Waals surface area contributed by atoms with Crippen molar-refractivity contribution in [3.8, 4) is 0 Å². The van der Waals surface area contributed by atoms with Gasteiger partial charge < -0.3 is 14.9 Å². The monoisotopic (exact) mass is 184 g/mol. The van der Waals surface area contributed by atoms with Crippen LogP contribution in [-0.4, -0.2) is 34.4 Å². The summed E-state index contributed by atoms with van der Waals surface area (Å²) >= 11 is 0. The predicted molar refractivity (Wildman–Crippen MR) is 40.1 cm³/mol. The number of hydrogen-bond donors (Lipinski definition) is 2. The fraction of sp³-hybridized carbons (Fsp3) is 0.500. The van der Waals surface area contributed by atoms with Crippen molar-refractivity contribution in [1.82, 2.24) is 0 Å². The zero-order chi connectivity index (χ0) is 9.59. The molecule has 0 aromatic carbocycles. The van der Waals surface area contributed by atoms with Crippen LogP contribution in [0.15, 0.2) is 12.2 Å². The first-order valence-electron chi connectivity index (χ1n) is 3.90. The van der Waals surface area contributed by atoms with Crippen LogP contribution in [-0.2, 0) is 14.3 Å². The number of rotatable bonds is 2. The van der Waals surface area contributed by atoms with Gasteiger partial charge in [-0.15, -0.1) is 0 Å². The van der Waals surface area contributed by atoms with Crippen LogP contribution in [0.1, 0.15) is 0 Å². The summed E-state index contributed by atoms with van der Waals surface area (Å²) in [6.07, 6.45) is 2.39. The van der Waals surface area contributed by atoms with E-state index in [2.05, 4.69) is 0 Å². The first kappa shape index (κ1) is 8.25. The zero-order valence-electron chi connectivity index (χ0n) is 6.58. The van der Waals surface area contributed by atoms with Crippen molar-refractivity contribution in [2.75, 3.05) is 0 Å². The number of carboxylic acid groups (broad SMARTS) is 2. The molecule has 1 saturated heterocycles. The molecule has 0 aromatic rings. The van der Waals surface area contributed by atoms with Gasteiger partial charge in [-0.3, -0.25) is 9.59 Å². The highest BCUT2D eigenvalue weighted by Crippen LogP contribution is 2.39. The second-order valence-electron chi connectivity index (χ2n) is 3.18. The maximum atomic E-state index is 10.7. The Hall–Kier alpha value is -1.36. The van der Waals surface area contributed by atoms with Crippen LogP contribution in [0.3, 0.4) is 0 Å². The van der Waals surface area contributed by atoms with E-state index in [0.29, 0.717) is 0 Å². The van der Waals surface area contributed by atoms with E-state index in [1.165, 1.54) is 6.08 Å². The fourth-order valence-corrected chi connectivity index (χ4v) is 1.66. The van der Waals surface area contributed by atoms with Crippen LogP contribution in [0, 0.1) is 11.8 Å². The molecule has 5 nitrogen and oxygen atoms in total. The van der Waals surface area contributed by atoms with Crippen LogP contribution in [0.5, 0.6) is 0 Å². The number of hydrogen-bond acceptors (Lipinski definition) is 3. The Morgan fingerprint density at radius 1 is 1.15 bits per heavy atom. The Morgan fingerprint density at radius 3 is 2.38 bits per heavy atom. The summed E-state index contributed by atoms with van der Waals surface area (Å²) in [5, 5.41) is 17.5. The second-order valence-corrected chi connectivity index (χ2v) is 3.18. The van der Waals surface area contributed by atoms with Crippen LogP contribution in [0.4, 0.5) is 0 Å². The van der Waals surface area contributed by atoms with E-state index in [0.717, 1.165) is 0 Å². The van der Waals surface area contributed by atoms with Gasteiger partial charge in [0.25, 0.3) is 0 Å². The predicted octanol–water partition coefficient (Wildman–Crippen LogP) is -0.275. The molecule has 70 valence electrons. The summed E-state index contributed by atoms with van der Waals surface area (Å²) in [4.78, 5) is 21.4. The summed E-state index contributed by atoms with van der Waals surface area (Å²) in [5.41, 5.74) is 0. The summed E-state index contributed by atoms with van der Waals surface area (Å²) in [6.45, 7) is 0. The number of fused-ring (bicyclic) bond motifs is 1.